The number of aldehydes is 1. The Morgan fingerprint density at radius 3 is 2.57 bits per heavy atom. The molecule has 0 unspecified atom stereocenters. The van der Waals surface area contributed by atoms with Gasteiger partial charge in [0.25, 0.3) is 0 Å². The SMILES string of the molecule is [CH2]CCCCC=O. The summed E-state index contributed by atoms with van der Waals surface area (Å²) in [7, 11) is 0. The summed E-state index contributed by atoms with van der Waals surface area (Å²) in [6.07, 6.45) is 4.70. The molecule has 0 atom stereocenters. The smallest absolute Gasteiger partial charge is 0.119 e. The number of unbranched alkanes of at least 4 members (excludes halogenated alkanes) is 3. The first kappa shape index (κ1) is 6.67. The van der Waals surface area contributed by atoms with Crippen molar-refractivity contribution in [2.45, 2.75) is 25.7 Å². The van der Waals surface area contributed by atoms with Crippen molar-refractivity contribution in [2.75, 3.05) is 0 Å². The molecule has 0 rings (SSSR count). The van der Waals surface area contributed by atoms with E-state index in [1.165, 1.54) is 0 Å². The molecule has 0 aromatic carbocycles. The van der Waals surface area contributed by atoms with E-state index in [1.54, 1.807) is 0 Å². The van der Waals surface area contributed by atoms with Crippen LogP contribution in [-0.4, -0.2) is 6.29 Å². The van der Waals surface area contributed by atoms with Crippen molar-refractivity contribution in [1.29, 1.82) is 0 Å². The molecule has 0 aliphatic carbocycles. The van der Waals surface area contributed by atoms with Crippen LogP contribution in [-0.2, 0) is 4.79 Å². The fourth-order valence-corrected chi connectivity index (χ4v) is 0.404. The van der Waals surface area contributed by atoms with E-state index >= 15 is 0 Å². The third-order valence-electron chi connectivity index (χ3n) is 0.822. The molecule has 1 heteroatoms. The Hall–Kier alpha value is -0.330. The van der Waals surface area contributed by atoms with Crippen LogP contribution in [0.25, 0.3) is 0 Å². The summed E-state index contributed by atoms with van der Waals surface area (Å²) in [5, 5.41) is 0. The Morgan fingerprint density at radius 2 is 2.14 bits per heavy atom. The molecular weight excluding hydrogens is 88.1 g/mol. The van der Waals surface area contributed by atoms with E-state index in [0.717, 1.165) is 25.5 Å². The second kappa shape index (κ2) is 5.67. The van der Waals surface area contributed by atoms with Crippen LogP contribution in [0.5, 0.6) is 0 Å². The molecule has 0 bridgehead atoms. The highest BCUT2D eigenvalue weighted by Crippen LogP contribution is 1.94. The van der Waals surface area contributed by atoms with Crippen molar-refractivity contribution in [3.63, 3.8) is 0 Å². The highest BCUT2D eigenvalue weighted by molar-refractivity contribution is 5.48. The topological polar surface area (TPSA) is 17.1 Å². The number of hydrogen-bond donors (Lipinski definition) is 0. The first-order valence-corrected chi connectivity index (χ1v) is 2.64. The lowest BCUT2D eigenvalue weighted by molar-refractivity contribution is -0.107. The van der Waals surface area contributed by atoms with Crippen molar-refractivity contribution in [1.82, 2.24) is 0 Å². The lowest BCUT2D eigenvalue weighted by Crippen LogP contribution is -1.74. The summed E-state index contributed by atoms with van der Waals surface area (Å²) >= 11 is 0. The van der Waals surface area contributed by atoms with Gasteiger partial charge in [0.05, 0.1) is 0 Å². The standard InChI is InChI=1S/C6H11O/c1-2-3-4-5-6-7/h6H,1-5H2. The van der Waals surface area contributed by atoms with Crippen LogP contribution in [0.2, 0.25) is 0 Å². The van der Waals surface area contributed by atoms with Gasteiger partial charge in [0.1, 0.15) is 6.29 Å². The van der Waals surface area contributed by atoms with Gasteiger partial charge in [-0.05, 0) is 6.42 Å². The van der Waals surface area contributed by atoms with Gasteiger partial charge in [-0.15, -0.1) is 0 Å². The van der Waals surface area contributed by atoms with Gasteiger partial charge in [0.2, 0.25) is 0 Å². The molecule has 0 heterocycles. The van der Waals surface area contributed by atoms with Crippen molar-refractivity contribution in [3.8, 4) is 0 Å². The monoisotopic (exact) mass is 99.1 g/mol. The van der Waals surface area contributed by atoms with Gasteiger partial charge in [0.15, 0.2) is 0 Å². The highest BCUT2D eigenvalue weighted by Gasteiger charge is 1.80. The Kier molecular flexibility index (Phi) is 5.40. The number of hydrogen-bond acceptors (Lipinski definition) is 1. The fraction of sp³-hybridized carbons (Fsp3) is 0.667. The quantitative estimate of drug-likeness (QED) is 0.386. The second-order valence-electron chi connectivity index (χ2n) is 1.52. The van der Waals surface area contributed by atoms with Crippen LogP contribution >= 0.6 is 0 Å². The van der Waals surface area contributed by atoms with E-state index in [-0.39, 0.29) is 0 Å². The predicted octanol–water partition coefficient (Wildman–Crippen LogP) is 1.58. The van der Waals surface area contributed by atoms with Gasteiger partial charge in [-0.25, -0.2) is 0 Å². The fourth-order valence-electron chi connectivity index (χ4n) is 0.404. The van der Waals surface area contributed by atoms with Gasteiger partial charge in [-0.2, -0.15) is 0 Å². The largest absolute Gasteiger partial charge is 0.303 e. The number of rotatable bonds is 4. The molecule has 41 valence electrons. The summed E-state index contributed by atoms with van der Waals surface area (Å²) in [6.45, 7) is 3.64. The first-order chi connectivity index (χ1) is 3.41. The zero-order valence-corrected chi connectivity index (χ0v) is 4.52. The van der Waals surface area contributed by atoms with E-state index in [9.17, 15) is 4.79 Å². The third kappa shape index (κ3) is 5.67. The van der Waals surface area contributed by atoms with Crippen LogP contribution in [0.15, 0.2) is 0 Å². The Balaban J connectivity index is 2.56. The summed E-state index contributed by atoms with van der Waals surface area (Å²) in [4.78, 5) is 9.66. The summed E-state index contributed by atoms with van der Waals surface area (Å²) in [5.41, 5.74) is 0. The van der Waals surface area contributed by atoms with Crippen molar-refractivity contribution >= 4 is 6.29 Å². The Morgan fingerprint density at radius 1 is 1.43 bits per heavy atom. The van der Waals surface area contributed by atoms with Gasteiger partial charge < -0.3 is 4.79 Å². The van der Waals surface area contributed by atoms with Crippen LogP contribution < -0.4 is 0 Å². The molecule has 0 aromatic heterocycles. The van der Waals surface area contributed by atoms with E-state index in [1.807, 2.05) is 0 Å². The zero-order valence-electron chi connectivity index (χ0n) is 4.52. The van der Waals surface area contributed by atoms with Crippen molar-refractivity contribution in [3.05, 3.63) is 6.92 Å². The molecule has 1 radical (unpaired) electrons. The molecule has 0 aliphatic rings. The normalized spacial score (nSPS) is 8.71. The summed E-state index contributed by atoms with van der Waals surface area (Å²) in [6, 6.07) is 0. The maximum atomic E-state index is 9.66. The molecular formula is C6H11O. The molecule has 0 saturated heterocycles. The van der Waals surface area contributed by atoms with Gasteiger partial charge in [-0.1, -0.05) is 19.8 Å². The maximum Gasteiger partial charge on any atom is 0.119 e. The minimum Gasteiger partial charge on any atom is -0.303 e. The van der Waals surface area contributed by atoms with Crippen molar-refractivity contribution in [2.24, 2.45) is 0 Å². The minimum absolute atomic E-state index is 0.704. The molecule has 0 spiro atoms. The number of carbonyl (C=O) groups excluding carboxylic acids is 1. The molecule has 1 nitrogen and oxygen atoms in total. The first-order valence-electron chi connectivity index (χ1n) is 2.64. The van der Waals surface area contributed by atoms with Crippen LogP contribution in [0.4, 0.5) is 0 Å². The predicted molar refractivity (Wildman–Crippen MR) is 29.9 cm³/mol. The molecule has 0 fully saturated rings. The molecule has 0 aromatic rings. The van der Waals surface area contributed by atoms with Gasteiger partial charge in [-0.3, -0.25) is 0 Å². The molecule has 0 saturated carbocycles. The average Bonchev–Trinajstić information content (AvgIpc) is 1.69. The van der Waals surface area contributed by atoms with Gasteiger partial charge >= 0.3 is 0 Å². The minimum atomic E-state index is 0.704. The van der Waals surface area contributed by atoms with E-state index in [4.69, 9.17) is 0 Å². The molecule has 0 aliphatic heterocycles. The Labute approximate surface area is 44.7 Å². The molecule has 0 N–H and O–H groups in total. The molecule has 7 heavy (non-hydrogen) atoms. The third-order valence-corrected chi connectivity index (χ3v) is 0.822. The van der Waals surface area contributed by atoms with E-state index < -0.39 is 0 Å². The van der Waals surface area contributed by atoms with Gasteiger partial charge in [0, 0.05) is 6.42 Å². The van der Waals surface area contributed by atoms with Crippen LogP contribution in [0.3, 0.4) is 0 Å². The lowest BCUT2D eigenvalue weighted by Gasteiger charge is -1.85. The van der Waals surface area contributed by atoms with E-state index in [2.05, 4.69) is 6.92 Å². The molecule has 0 amide bonds. The van der Waals surface area contributed by atoms with Crippen LogP contribution in [0.1, 0.15) is 25.7 Å². The highest BCUT2D eigenvalue weighted by atomic mass is 16.1. The van der Waals surface area contributed by atoms with Crippen LogP contribution in [0, 0.1) is 6.92 Å². The average molecular weight is 99.2 g/mol. The van der Waals surface area contributed by atoms with E-state index in [0.29, 0.717) is 6.42 Å². The lowest BCUT2D eigenvalue weighted by atomic mass is 10.2. The second-order valence-corrected chi connectivity index (χ2v) is 1.52. The summed E-state index contributed by atoms with van der Waals surface area (Å²) < 4.78 is 0. The summed E-state index contributed by atoms with van der Waals surface area (Å²) in [5.74, 6) is 0. The maximum absolute atomic E-state index is 9.66. The Bertz CT molecular complexity index is 41.4. The van der Waals surface area contributed by atoms with Crippen molar-refractivity contribution < 1.29 is 4.79 Å². The zero-order chi connectivity index (χ0) is 5.54. The number of carbonyl (C=O) groups is 1.